The maximum absolute atomic E-state index is 4.11. The van der Waals surface area contributed by atoms with Crippen molar-refractivity contribution < 1.29 is 0 Å². The second-order valence-corrected chi connectivity index (χ2v) is 4.30. The highest BCUT2D eigenvalue weighted by Gasteiger charge is 2.17. The summed E-state index contributed by atoms with van der Waals surface area (Å²) < 4.78 is 1.94. The molecule has 1 heterocycles. The van der Waals surface area contributed by atoms with Gasteiger partial charge in [0.15, 0.2) is 5.82 Å². The summed E-state index contributed by atoms with van der Waals surface area (Å²) in [6.45, 7) is 9.60. The van der Waals surface area contributed by atoms with Crippen LogP contribution in [0.1, 0.15) is 64.9 Å². The number of aromatic nitrogens is 4. The highest BCUT2D eigenvalue weighted by Crippen LogP contribution is 2.16. The van der Waals surface area contributed by atoms with Gasteiger partial charge < -0.3 is 5.32 Å². The third-order valence-corrected chi connectivity index (χ3v) is 2.73. The first-order chi connectivity index (χ1) is 7.70. The molecule has 0 aliphatic carbocycles. The lowest BCUT2D eigenvalue weighted by Gasteiger charge is -2.16. The van der Waals surface area contributed by atoms with E-state index in [9.17, 15) is 0 Å². The Labute approximate surface area is 97.6 Å². The predicted octanol–water partition coefficient (Wildman–Crippen LogP) is 2.09. The lowest BCUT2D eigenvalue weighted by molar-refractivity contribution is 0.405. The molecule has 5 nitrogen and oxygen atoms in total. The van der Waals surface area contributed by atoms with Crippen LogP contribution in [0.4, 0.5) is 0 Å². The van der Waals surface area contributed by atoms with E-state index >= 15 is 0 Å². The van der Waals surface area contributed by atoms with E-state index < -0.39 is 0 Å². The lowest BCUT2D eigenvalue weighted by atomic mass is 10.2. The van der Waals surface area contributed by atoms with Crippen molar-refractivity contribution in [3.05, 3.63) is 5.82 Å². The van der Waals surface area contributed by atoms with E-state index in [4.69, 9.17) is 0 Å². The van der Waals surface area contributed by atoms with Crippen molar-refractivity contribution >= 4 is 0 Å². The summed E-state index contributed by atoms with van der Waals surface area (Å²) in [7, 11) is 0. The molecule has 0 aliphatic heterocycles. The molecule has 0 spiro atoms. The van der Waals surface area contributed by atoms with E-state index in [-0.39, 0.29) is 6.04 Å². The van der Waals surface area contributed by atoms with Gasteiger partial charge in [-0.3, -0.25) is 0 Å². The minimum absolute atomic E-state index is 0.217. The topological polar surface area (TPSA) is 55.6 Å². The number of rotatable bonds is 7. The van der Waals surface area contributed by atoms with Gasteiger partial charge in [-0.05, 0) is 43.7 Å². The van der Waals surface area contributed by atoms with Gasteiger partial charge in [-0.15, -0.1) is 5.10 Å². The molecule has 1 aromatic rings. The van der Waals surface area contributed by atoms with Crippen molar-refractivity contribution in [3.8, 4) is 0 Å². The molecule has 0 saturated carbocycles. The molecule has 1 aromatic heterocycles. The Kier molecular flexibility index (Phi) is 5.38. The predicted molar refractivity (Wildman–Crippen MR) is 64.1 cm³/mol. The Morgan fingerprint density at radius 2 is 2.00 bits per heavy atom. The Hall–Kier alpha value is -0.970. The Morgan fingerprint density at radius 1 is 1.25 bits per heavy atom. The molecule has 0 fully saturated rings. The van der Waals surface area contributed by atoms with Crippen LogP contribution in [0.5, 0.6) is 0 Å². The second-order valence-electron chi connectivity index (χ2n) is 4.30. The Balaban J connectivity index is 2.68. The summed E-state index contributed by atoms with van der Waals surface area (Å²) in [6.07, 6.45) is 3.38. The molecule has 0 bridgehead atoms. The highest BCUT2D eigenvalue weighted by molar-refractivity contribution is 4.91. The molecule has 1 N–H and O–H groups in total. The van der Waals surface area contributed by atoms with Gasteiger partial charge in [0.05, 0.1) is 12.1 Å². The van der Waals surface area contributed by atoms with Crippen molar-refractivity contribution in [2.75, 3.05) is 6.54 Å². The SMILES string of the molecule is CCCNC(C)c1nnnn1C(C)CCC. The molecule has 0 amide bonds. The molecular formula is C11H23N5. The van der Waals surface area contributed by atoms with Gasteiger partial charge in [-0.1, -0.05) is 20.3 Å². The monoisotopic (exact) mass is 225 g/mol. The van der Waals surface area contributed by atoms with Crippen LogP contribution in [0.3, 0.4) is 0 Å². The first-order valence-corrected chi connectivity index (χ1v) is 6.21. The average Bonchev–Trinajstić information content (AvgIpc) is 2.75. The third-order valence-electron chi connectivity index (χ3n) is 2.73. The van der Waals surface area contributed by atoms with Crippen LogP contribution < -0.4 is 5.32 Å². The number of hydrogen-bond donors (Lipinski definition) is 1. The van der Waals surface area contributed by atoms with Crippen LogP contribution in [0.15, 0.2) is 0 Å². The lowest BCUT2D eigenvalue weighted by Crippen LogP contribution is -2.24. The van der Waals surface area contributed by atoms with Crippen LogP contribution in [-0.4, -0.2) is 26.8 Å². The van der Waals surface area contributed by atoms with Gasteiger partial charge >= 0.3 is 0 Å². The largest absolute Gasteiger partial charge is 0.307 e. The van der Waals surface area contributed by atoms with E-state index in [1.165, 1.54) is 0 Å². The smallest absolute Gasteiger partial charge is 0.168 e. The molecule has 0 radical (unpaired) electrons. The summed E-state index contributed by atoms with van der Waals surface area (Å²) in [6, 6.07) is 0.593. The van der Waals surface area contributed by atoms with Gasteiger partial charge in [0.25, 0.3) is 0 Å². The molecule has 16 heavy (non-hydrogen) atoms. The van der Waals surface area contributed by atoms with Crippen LogP contribution in [0, 0.1) is 0 Å². The maximum Gasteiger partial charge on any atom is 0.168 e. The number of tetrazole rings is 1. The van der Waals surface area contributed by atoms with E-state index in [0.717, 1.165) is 31.6 Å². The van der Waals surface area contributed by atoms with Crippen molar-refractivity contribution in [3.63, 3.8) is 0 Å². The molecule has 2 atom stereocenters. The van der Waals surface area contributed by atoms with Gasteiger partial charge in [0.1, 0.15) is 0 Å². The standard InChI is InChI=1S/C11H23N5/c1-5-7-9(3)16-11(13-14-15-16)10(4)12-8-6-2/h9-10,12H,5-8H2,1-4H3. The summed E-state index contributed by atoms with van der Waals surface area (Å²) in [5.41, 5.74) is 0. The van der Waals surface area contributed by atoms with Crippen LogP contribution in [-0.2, 0) is 0 Å². The van der Waals surface area contributed by atoms with Gasteiger partial charge in [0.2, 0.25) is 0 Å². The van der Waals surface area contributed by atoms with E-state index in [1.54, 1.807) is 0 Å². The normalized spacial score (nSPS) is 15.0. The van der Waals surface area contributed by atoms with Crippen LogP contribution >= 0.6 is 0 Å². The quantitative estimate of drug-likeness (QED) is 0.772. The zero-order chi connectivity index (χ0) is 12.0. The van der Waals surface area contributed by atoms with E-state index in [2.05, 4.69) is 48.5 Å². The number of nitrogens with zero attached hydrogens (tertiary/aromatic N) is 4. The average molecular weight is 225 g/mol. The fourth-order valence-electron chi connectivity index (χ4n) is 1.79. The first-order valence-electron chi connectivity index (χ1n) is 6.21. The Morgan fingerprint density at radius 3 is 2.62 bits per heavy atom. The van der Waals surface area contributed by atoms with Crippen molar-refractivity contribution in [2.45, 2.75) is 59.0 Å². The van der Waals surface area contributed by atoms with E-state index in [0.29, 0.717) is 6.04 Å². The minimum atomic E-state index is 0.217. The first kappa shape index (κ1) is 13.1. The minimum Gasteiger partial charge on any atom is -0.307 e. The van der Waals surface area contributed by atoms with E-state index in [1.807, 2.05) is 4.68 Å². The molecule has 2 unspecified atom stereocenters. The molecule has 92 valence electrons. The molecule has 0 aromatic carbocycles. The van der Waals surface area contributed by atoms with Crippen LogP contribution in [0.25, 0.3) is 0 Å². The zero-order valence-corrected chi connectivity index (χ0v) is 10.8. The fourth-order valence-corrected chi connectivity index (χ4v) is 1.79. The van der Waals surface area contributed by atoms with Crippen molar-refractivity contribution in [1.82, 2.24) is 25.5 Å². The molecule has 0 aliphatic rings. The molecule has 1 rings (SSSR count). The van der Waals surface area contributed by atoms with Gasteiger partial charge in [-0.25, -0.2) is 4.68 Å². The summed E-state index contributed by atoms with van der Waals surface area (Å²) in [4.78, 5) is 0. The molecule has 5 heteroatoms. The second kappa shape index (κ2) is 6.58. The summed E-state index contributed by atoms with van der Waals surface area (Å²) in [5, 5.41) is 15.4. The molecular weight excluding hydrogens is 202 g/mol. The zero-order valence-electron chi connectivity index (χ0n) is 10.8. The fraction of sp³-hybridized carbons (Fsp3) is 0.909. The number of hydrogen-bond acceptors (Lipinski definition) is 4. The van der Waals surface area contributed by atoms with Gasteiger partial charge in [-0.2, -0.15) is 0 Å². The van der Waals surface area contributed by atoms with Gasteiger partial charge in [0, 0.05) is 0 Å². The summed E-state index contributed by atoms with van der Waals surface area (Å²) in [5.74, 6) is 0.939. The van der Waals surface area contributed by atoms with Crippen molar-refractivity contribution in [1.29, 1.82) is 0 Å². The highest BCUT2D eigenvalue weighted by atomic mass is 15.6. The maximum atomic E-state index is 4.11. The van der Waals surface area contributed by atoms with Crippen molar-refractivity contribution in [2.24, 2.45) is 0 Å². The van der Waals surface area contributed by atoms with Crippen LogP contribution in [0.2, 0.25) is 0 Å². The third kappa shape index (κ3) is 3.27. The summed E-state index contributed by atoms with van der Waals surface area (Å²) >= 11 is 0. The molecule has 0 saturated heterocycles. The number of nitrogens with one attached hydrogen (secondary N) is 1. The Bertz CT molecular complexity index is 296.